The Hall–Kier alpha value is -0.570. The van der Waals surface area contributed by atoms with Gasteiger partial charge < -0.3 is 9.84 Å². The SMILES string of the molecule is CCCCCCCC(C)(OCC1CC1)C(=O)O. The van der Waals surface area contributed by atoms with Gasteiger partial charge in [-0.3, -0.25) is 0 Å². The van der Waals surface area contributed by atoms with Crippen molar-refractivity contribution >= 4 is 5.97 Å². The molecule has 1 N–H and O–H groups in total. The number of carbonyl (C=O) groups is 1. The van der Waals surface area contributed by atoms with Gasteiger partial charge in [0.1, 0.15) is 0 Å². The minimum Gasteiger partial charge on any atom is -0.479 e. The van der Waals surface area contributed by atoms with E-state index in [1.54, 1.807) is 6.92 Å². The number of carboxylic acid groups (broad SMARTS) is 1. The molecule has 0 aromatic carbocycles. The summed E-state index contributed by atoms with van der Waals surface area (Å²) < 4.78 is 5.62. The van der Waals surface area contributed by atoms with E-state index in [-0.39, 0.29) is 0 Å². The zero-order valence-corrected chi connectivity index (χ0v) is 11.2. The van der Waals surface area contributed by atoms with Gasteiger partial charge in [0.15, 0.2) is 5.60 Å². The van der Waals surface area contributed by atoms with Crippen molar-refractivity contribution in [3.63, 3.8) is 0 Å². The van der Waals surface area contributed by atoms with Crippen molar-refractivity contribution in [1.82, 2.24) is 0 Å². The van der Waals surface area contributed by atoms with E-state index in [9.17, 15) is 9.90 Å². The third-order valence-corrected chi connectivity index (χ3v) is 3.54. The quantitative estimate of drug-likeness (QED) is 0.595. The minimum atomic E-state index is -0.963. The van der Waals surface area contributed by atoms with Crippen LogP contribution in [-0.4, -0.2) is 23.3 Å². The van der Waals surface area contributed by atoms with Gasteiger partial charge in [-0.2, -0.15) is 0 Å². The molecule has 0 saturated heterocycles. The van der Waals surface area contributed by atoms with Gasteiger partial charge >= 0.3 is 5.97 Å². The van der Waals surface area contributed by atoms with E-state index in [1.807, 2.05) is 0 Å². The van der Waals surface area contributed by atoms with Gasteiger partial charge in [-0.15, -0.1) is 0 Å². The average molecular weight is 242 g/mol. The Morgan fingerprint density at radius 2 is 1.94 bits per heavy atom. The van der Waals surface area contributed by atoms with Crippen LogP contribution in [0.1, 0.15) is 65.2 Å². The summed E-state index contributed by atoms with van der Waals surface area (Å²) in [5.74, 6) is -0.192. The highest BCUT2D eigenvalue weighted by Gasteiger charge is 2.35. The van der Waals surface area contributed by atoms with Gasteiger partial charge in [0.05, 0.1) is 6.61 Å². The molecular formula is C14H26O3. The number of hydrogen-bond acceptors (Lipinski definition) is 2. The number of unbranched alkanes of at least 4 members (excludes halogenated alkanes) is 4. The van der Waals surface area contributed by atoms with Crippen LogP contribution in [0.25, 0.3) is 0 Å². The standard InChI is InChI=1S/C14H26O3/c1-3-4-5-6-7-10-14(2,13(15)16)17-11-12-8-9-12/h12H,3-11H2,1-2H3,(H,15,16). The molecule has 0 aromatic heterocycles. The first-order valence-corrected chi connectivity index (χ1v) is 6.96. The molecule has 17 heavy (non-hydrogen) atoms. The van der Waals surface area contributed by atoms with Crippen LogP contribution in [0.5, 0.6) is 0 Å². The van der Waals surface area contributed by atoms with Crippen LogP contribution in [-0.2, 0) is 9.53 Å². The lowest BCUT2D eigenvalue weighted by atomic mass is 9.97. The lowest BCUT2D eigenvalue weighted by molar-refractivity contribution is -0.165. The summed E-state index contributed by atoms with van der Waals surface area (Å²) >= 11 is 0. The second-order valence-electron chi connectivity index (χ2n) is 5.45. The zero-order chi connectivity index (χ0) is 12.7. The Labute approximate surface area is 105 Å². The van der Waals surface area contributed by atoms with Gasteiger partial charge in [-0.25, -0.2) is 4.79 Å². The summed E-state index contributed by atoms with van der Waals surface area (Å²) in [6.45, 7) is 4.52. The highest BCUT2D eigenvalue weighted by atomic mass is 16.5. The first-order chi connectivity index (χ1) is 8.08. The predicted molar refractivity (Wildman–Crippen MR) is 68.1 cm³/mol. The maximum atomic E-state index is 11.2. The predicted octanol–water partition coefficient (Wildman–Crippen LogP) is 3.62. The molecule has 1 aliphatic carbocycles. The van der Waals surface area contributed by atoms with Crippen molar-refractivity contribution in [3.05, 3.63) is 0 Å². The van der Waals surface area contributed by atoms with Gasteiger partial charge in [-0.1, -0.05) is 32.6 Å². The summed E-state index contributed by atoms with van der Waals surface area (Å²) in [5.41, 5.74) is -0.963. The normalized spacial score (nSPS) is 18.9. The molecule has 1 saturated carbocycles. The van der Waals surface area contributed by atoms with Crippen LogP contribution < -0.4 is 0 Å². The van der Waals surface area contributed by atoms with Gasteiger partial charge in [-0.05, 0) is 38.5 Å². The van der Waals surface area contributed by atoms with Crippen molar-refractivity contribution < 1.29 is 14.6 Å². The highest BCUT2D eigenvalue weighted by Crippen LogP contribution is 2.31. The Kier molecular flexibility index (Phi) is 5.96. The molecule has 1 unspecified atom stereocenters. The van der Waals surface area contributed by atoms with E-state index in [1.165, 1.54) is 32.1 Å². The van der Waals surface area contributed by atoms with Gasteiger partial charge in [0, 0.05) is 0 Å². The summed E-state index contributed by atoms with van der Waals surface area (Å²) in [6.07, 6.45) is 8.77. The lowest BCUT2D eigenvalue weighted by Gasteiger charge is -2.25. The molecule has 0 aromatic rings. The van der Waals surface area contributed by atoms with Crippen LogP contribution in [0.2, 0.25) is 0 Å². The highest BCUT2D eigenvalue weighted by molar-refractivity contribution is 5.76. The second kappa shape index (κ2) is 7.00. The number of hydrogen-bond donors (Lipinski definition) is 1. The number of rotatable bonds is 10. The van der Waals surface area contributed by atoms with E-state index in [2.05, 4.69) is 6.92 Å². The maximum Gasteiger partial charge on any atom is 0.335 e. The average Bonchev–Trinajstić information content (AvgIpc) is 3.10. The van der Waals surface area contributed by atoms with E-state index in [0.717, 1.165) is 12.8 Å². The molecule has 0 heterocycles. The smallest absolute Gasteiger partial charge is 0.335 e. The van der Waals surface area contributed by atoms with E-state index < -0.39 is 11.6 Å². The van der Waals surface area contributed by atoms with Crippen LogP contribution >= 0.6 is 0 Å². The third-order valence-electron chi connectivity index (χ3n) is 3.54. The Balaban J connectivity index is 2.22. The molecule has 1 aliphatic rings. The summed E-state index contributed by atoms with van der Waals surface area (Å²) in [6, 6.07) is 0. The molecule has 3 heteroatoms. The van der Waals surface area contributed by atoms with Crippen LogP contribution in [0.4, 0.5) is 0 Å². The van der Waals surface area contributed by atoms with Crippen molar-refractivity contribution in [2.24, 2.45) is 5.92 Å². The largest absolute Gasteiger partial charge is 0.479 e. The second-order valence-corrected chi connectivity index (χ2v) is 5.45. The molecule has 1 fully saturated rings. The van der Waals surface area contributed by atoms with E-state index in [0.29, 0.717) is 18.9 Å². The molecule has 0 amide bonds. The maximum absolute atomic E-state index is 11.2. The van der Waals surface area contributed by atoms with Crippen molar-refractivity contribution in [2.75, 3.05) is 6.61 Å². The number of carboxylic acids is 1. The Bertz CT molecular complexity index is 236. The zero-order valence-electron chi connectivity index (χ0n) is 11.2. The van der Waals surface area contributed by atoms with Crippen molar-refractivity contribution in [2.45, 2.75) is 70.8 Å². The summed E-state index contributed by atoms with van der Waals surface area (Å²) in [5, 5.41) is 9.24. The number of ether oxygens (including phenoxy) is 1. The molecule has 1 atom stereocenters. The molecule has 0 radical (unpaired) electrons. The first kappa shape index (κ1) is 14.5. The monoisotopic (exact) mass is 242 g/mol. The fourth-order valence-corrected chi connectivity index (χ4v) is 1.89. The van der Waals surface area contributed by atoms with Gasteiger partial charge in [0.2, 0.25) is 0 Å². The third kappa shape index (κ3) is 5.53. The van der Waals surface area contributed by atoms with Crippen LogP contribution in [0, 0.1) is 5.92 Å². The summed E-state index contributed by atoms with van der Waals surface area (Å²) in [7, 11) is 0. The van der Waals surface area contributed by atoms with Gasteiger partial charge in [0.25, 0.3) is 0 Å². The molecule has 0 spiro atoms. The molecule has 1 rings (SSSR count). The topological polar surface area (TPSA) is 46.5 Å². The summed E-state index contributed by atoms with van der Waals surface area (Å²) in [4.78, 5) is 11.2. The molecule has 3 nitrogen and oxygen atoms in total. The van der Waals surface area contributed by atoms with E-state index >= 15 is 0 Å². The Morgan fingerprint density at radius 1 is 1.29 bits per heavy atom. The van der Waals surface area contributed by atoms with E-state index in [4.69, 9.17) is 4.74 Å². The van der Waals surface area contributed by atoms with Crippen molar-refractivity contribution in [3.8, 4) is 0 Å². The molecule has 0 bridgehead atoms. The molecular weight excluding hydrogens is 216 g/mol. The fourth-order valence-electron chi connectivity index (χ4n) is 1.89. The molecule has 0 aliphatic heterocycles. The first-order valence-electron chi connectivity index (χ1n) is 6.96. The molecule has 100 valence electrons. The van der Waals surface area contributed by atoms with Crippen LogP contribution in [0.3, 0.4) is 0 Å². The minimum absolute atomic E-state index is 0.619. The lowest BCUT2D eigenvalue weighted by Crippen LogP contribution is -2.39. The van der Waals surface area contributed by atoms with Crippen molar-refractivity contribution in [1.29, 1.82) is 0 Å². The Morgan fingerprint density at radius 3 is 2.47 bits per heavy atom. The fraction of sp³-hybridized carbons (Fsp3) is 0.929. The van der Waals surface area contributed by atoms with Crippen LogP contribution in [0.15, 0.2) is 0 Å². The number of aliphatic carboxylic acids is 1.